The molecule has 0 aromatic carbocycles. The van der Waals surface area contributed by atoms with Crippen molar-refractivity contribution in [3.05, 3.63) is 18.0 Å². The Morgan fingerprint density at radius 2 is 2.50 bits per heavy atom. The molecule has 12 heavy (non-hydrogen) atoms. The zero-order chi connectivity index (χ0) is 9.14. The lowest BCUT2D eigenvalue weighted by atomic mass is 10.1. The summed E-state index contributed by atoms with van der Waals surface area (Å²) in [5, 5.41) is 12.7. The first-order valence-electron chi connectivity index (χ1n) is 3.81. The molecule has 0 fully saturated rings. The lowest BCUT2D eigenvalue weighted by molar-refractivity contribution is -0.141. The largest absolute Gasteiger partial charge is 0.481 e. The van der Waals surface area contributed by atoms with Crippen LogP contribution in [0, 0.1) is 5.92 Å². The minimum absolute atomic E-state index is 0.361. The zero-order valence-corrected chi connectivity index (χ0v) is 7.19. The van der Waals surface area contributed by atoms with Gasteiger partial charge < -0.3 is 5.11 Å². The fourth-order valence-corrected chi connectivity index (χ4v) is 0.973. The topological polar surface area (TPSA) is 55.1 Å². The standard InChI is InChI=1S/C8H12N2O2/c1-6(8(11)12)5-7-3-4-10(2)9-7/h3-4,6H,5H2,1-2H3,(H,11,12). The molecule has 0 saturated carbocycles. The number of hydrogen-bond acceptors (Lipinski definition) is 2. The average molecular weight is 168 g/mol. The zero-order valence-electron chi connectivity index (χ0n) is 7.19. The summed E-state index contributed by atoms with van der Waals surface area (Å²) in [6.07, 6.45) is 2.31. The van der Waals surface area contributed by atoms with Gasteiger partial charge in [-0.1, -0.05) is 6.92 Å². The molecule has 0 saturated heterocycles. The van der Waals surface area contributed by atoms with Crippen LogP contribution in [-0.2, 0) is 18.3 Å². The summed E-state index contributed by atoms with van der Waals surface area (Å²) in [6.45, 7) is 1.68. The smallest absolute Gasteiger partial charge is 0.306 e. The monoisotopic (exact) mass is 168 g/mol. The Labute approximate surface area is 70.8 Å². The second kappa shape index (κ2) is 3.38. The van der Waals surface area contributed by atoms with E-state index in [0.717, 1.165) is 5.69 Å². The summed E-state index contributed by atoms with van der Waals surface area (Å²) in [6, 6.07) is 1.83. The molecule has 1 atom stereocenters. The van der Waals surface area contributed by atoms with Gasteiger partial charge in [-0.2, -0.15) is 5.10 Å². The Morgan fingerprint density at radius 1 is 1.83 bits per heavy atom. The van der Waals surface area contributed by atoms with E-state index in [1.165, 1.54) is 0 Å². The summed E-state index contributed by atoms with van der Waals surface area (Å²) in [7, 11) is 1.81. The summed E-state index contributed by atoms with van der Waals surface area (Å²) >= 11 is 0. The number of carboxylic acid groups (broad SMARTS) is 1. The van der Waals surface area contributed by atoms with E-state index in [9.17, 15) is 4.79 Å². The van der Waals surface area contributed by atoms with Crippen molar-refractivity contribution in [1.29, 1.82) is 0 Å². The number of rotatable bonds is 3. The quantitative estimate of drug-likeness (QED) is 0.722. The van der Waals surface area contributed by atoms with E-state index in [1.807, 2.05) is 19.3 Å². The molecule has 1 heterocycles. The van der Waals surface area contributed by atoms with Gasteiger partial charge in [0.1, 0.15) is 0 Å². The van der Waals surface area contributed by atoms with E-state index in [4.69, 9.17) is 5.11 Å². The van der Waals surface area contributed by atoms with E-state index in [1.54, 1.807) is 11.6 Å². The molecule has 66 valence electrons. The van der Waals surface area contributed by atoms with Gasteiger partial charge in [-0.25, -0.2) is 0 Å². The molecular formula is C8H12N2O2. The molecule has 1 unspecified atom stereocenters. The second-order valence-electron chi connectivity index (χ2n) is 2.92. The van der Waals surface area contributed by atoms with Crippen LogP contribution in [-0.4, -0.2) is 20.9 Å². The number of hydrogen-bond donors (Lipinski definition) is 1. The number of aliphatic carboxylic acids is 1. The highest BCUT2D eigenvalue weighted by molar-refractivity contribution is 5.69. The Bertz CT molecular complexity index is 280. The van der Waals surface area contributed by atoms with Crippen molar-refractivity contribution >= 4 is 5.97 Å². The van der Waals surface area contributed by atoms with Crippen LogP contribution in [0.5, 0.6) is 0 Å². The van der Waals surface area contributed by atoms with Crippen molar-refractivity contribution in [3.8, 4) is 0 Å². The fraction of sp³-hybridized carbons (Fsp3) is 0.500. The Kier molecular flexibility index (Phi) is 2.47. The van der Waals surface area contributed by atoms with Crippen molar-refractivity contribution in [2.45, 2.75) is 13.3 Å². The molecule has 4 heteroatoms. The number of aryl methyl sites for hydroxylation is 1. The SMILES string of the molecule is CC(Cc1ccn(C)n1)C(=O)O. The molecule has 0 aliphatic carbocycles. The predicted octanol–water partition coefficient (Wildman–Crippen LogP) is 0.683. The van der Waals surface area contributed by atoms with Crippen molar-refractivity contribution < 1.29 is 9.90 Å². The lowest BCUT2D eigenvalue weighted by Gasteiger charge is -2.01. The first-order valence-corrected chi connectivity index (χ1v) is 3.81. The second-order valence-corrected chi connectivity index (χ2v) is 2.92. The van der Waals surface area contributed by atoms with Crippen molar-refractivity contribution in [2.24, 2.45) is 13.0 Å². The Hall–Kier alpha value is -1.32. The van der Waals surface area contributed by atoms with E-state index < -0.39 is 5.97 Å². The molecule has 0 spiro atoms. The van der Waals surface area contributed by atoms with Gasteiger partial charge in [0.2, 0.25) is 0 Å². The molecule has 1 aromatic rings. The van der Waals surface area contributed by atoms with Gasteiger partial charge in [0.25, 0.3) is 0 Å². The summed E-state index contributed by atoms with van der Waals surface area (Å²) in [4.78, 5) is 10.5. The number of carboxylic acids is 1. The fourth-order valence-electron chi connectivity index (χ4n) is 0.973. The molecule has 0 bridgehead atoms. The predicted molar refractivity (Wildman–Crippen MR) is 43.7 cm³/mol. The highest BCUT2D eigenvalue weighted by Gasteiger charge is 2.12. The number of carbonyl (C=O) groups is 1. The number of aromatic nitrogens is 2. The van der Waals surface area contributed by atoms with Crippen LogP contribution < -0.4 is 0 Å². The third-order valence-corrected chi connectivity index (χ3v) is 1.71. The van der Waals surface area contributed by atoms with Crippen LogP contribution in [0.25, 0.3) is 0 Å². The first kappa shape index (κ1) is 8.77. The molecule has 0 aliphatic rings. The molecule has 0 radical (unpaired) electrons. The minimum Gasteiger partial charge on any atom is -0.481 e. The van der Waals surface area contributed by atoms with Gasteiger partial charge in [0.05, 0.1) is 11.6 Å². The van der Waals surface area contributed by atoms with Crippen LogP contribution in [0.15, 0.2) is 12.3 Å². The molecule has 0 amide bonds. The summed E-state index contributed by atoms with van der Waals surface area (Å²) < 4.78 is 1.67. The van der Waals surface area contributed by atoms with E-state index >= 15 is 0 Å². The summed E-state index contributed by atoms with van der Waals surface area (Å²) in [5.41, 5.74) is 0.826. The average Bonchev–Trinajstić information content (AvgIpc) is 2.35. The van der Waals surface area contributed by atoms with E-state index in [-0.39, 0.29) is 5.92 Å². The number of nitrogens with zero attached hydrogens (tertiary/aromatic N) is 2. The van der Waals surface area contributed by atoms with E-state index in [2.05, 4.69) is 5.10 Å². The molecule has 1 aromatic heterocycles. The third kappa shape index (κ3) is 2.08. The first-order chi connectivity index (χ1) is 5.59. The maximum absolute atomic E-state index is 10.5. The molecular weight excluding hydrogens is 156 g/mol. The van der Waals surface area contributed by atoms with Gasteiger partial charge in [0.15, 0.2) is 0 Å². The van der Waals surface area contributed by atoms with Gasteiger partial charge in [-0.05, 0) is 6.07 Å². The molecule has 0 aliphatic heterocycles. The van der Waals surface area contributed by atoms with Crippen LogP contribution in [0.2, 0.25) is 0 Å². The van der Waals surface area contributed by atoms with Crippen LogP contribution in [0.3, 0.4) is 0 Å². The van der Waals surface area contributed by atoms with Gasteiger partial charge >= 0.3 is 5.97 Å². The van der Waals surface area contributed by atoms with Gasteiger partial charge in [0, 0.05) is 19.7 Å². The van der Waals surface area contributed by atoms with Gasteiger partial charge in [-0.15, -0.1) is 0 Å². The highest BCUT2D eigenvalue weighted by Crippen LogP contribution is 2.05. The van der Waals surface area contributed by atoms with Crippen LogP contribution in [0.4, 0.5) is 0 Å². The molecule has 4 nitrogen and oxygen atoms in total. The highest BCUT2D eigenvalue weighted by atomic mass is 16.4. The van der Waals surface area contributed by atoms with Gasteiger partial charge in [-0.3, -0.25) is 9.48 Å². The van der Waals surface area contributed by atoms with Crippen molar-refractivity contribution in [3.63, 3.8) is 0 Å². The molecule has 1 N–H and O–H groups in total. The Morgan fingerprint density at radius 3 is 2.92 bits per heavy atom. The van der Waals surface area contributed by atoms with Crippen molar-refractivity contribution in [2.75, 3.05) is 0 Å². The molecule has 1 rings (SSSR count). The van der Waals surface area contributed by atoms with Crippen LogP contribution in [0.1, 0.15) is 12.6 Å². The van der Waals surface area contributed by atoms with E-state index in [0.29, 0.717) is 6.42 Å². The Balaban J connectivity index is 2.58. The lowest BCUT2D eigenvalue weighted by Crippen LogP contribution is -2.12. The third-order valence-electron chi connectivity index (χ3n) is 1.71. The van der Waals surface area contributed by atoms with Crippen LogP contribution >= 0.6 is 0 Å². The maximum atomic E-state index is 10.5. The minimum atomic E-state index is -0.777. The maximum Gasteiger partial charge on any atom is 0.306 e. The van der Waals surface area contributed by atoms with Crippen molar-refractivity contribution in [1.82, 2.24) is 9.78 Å². The summed E-state index contributed by atoms with van der Waals surface area (Å²) in [5.74, 6) is -1.14. The normalized spacial score (nSPS) is 12.8.